The number of anilines is 1. The highest BCUT2D eigenvalue weighted by Crippen LogP contribution is 2.31. The predicted molar refractivity (Wildman–Crippen MR) is 88.9 cm³/mol. The van der Waals surface area contributed by atoms with Gasteiger partial charge in [-0.1, -0.05) is 25.0 Å². The number of hydrogen-bond acceptors (Lipinski definition) is 2. The molecule has 2 fully saturated rings. The van der Waals surface area contributed by atoms with Gasteiger partial charge in [0.1, 0.15) is 5.82 Å². The summed E-state index contributed by atoms with van der Waals surface area (Å²) in [6, 6.07) is 7.01. The maximum Gasteiger partial charge on any atom is 0.193 e. The molecule has 1 aliphatic carbocycles. The largest absolute Gasteiger partial charge is 0.366 e. The van der Waals surface area contributed by atoms with Gasteiger partial charge >= 0.3 is 0 Å². The molecule has 1 saturated heterocycles. The van der Waals surface area contributed by atoms with Gasteiger partial charge in [-0.15, -0.1) is 0 Å². The van der Waals surface area contributed by atoms with Crippen LogP contribution in [-0.4, -0.2) is 50.6 Å². The molecular weight excluding hydrogens is 279 g/mol. The summed E-state index contributed by atoms with van der Waals surface area (Å²) in [5, 5.41) is 3.46. The number of aliphatic imine (C=N–C) groups is 1. The molecule has 3 rings (SSSR count). The van der Waals surface area contributed by atoms with E-state index in [1.54, 1.807) is 6.07 Å². The monoisotopic (exact) mass is 304 g/mol. The Morgan fingerprint density at radius 2 is 1.95 bits per heavy atom. The molecule has 0 atom stereocenters. The van der Waals surface area contributed by atoms with Crippen LogP contribution in [0, 0.1) is 11.7 Å². The molecule has 1 N–H and O–H groups in total. The van der Waals surface area contributed by atoms with E-state index in [-0.39, 0.29) is 5.82 Å². The quantitative estimate of drug-likeness (QED) is 0.684. The molecule has 4 nitrogen and oxygen atoms in total. The lowest BCUT2D eigenvalue weighted by Crippen LogP contribution is -2.52. The molecule has 0 unspecified atom stereocenters. The standard InChI is InChI=1S/C17H25FN4/c1-19-17(20-9-8-14-6-7-14)22-12-10-21(11-13-22)16-5-3-2-4-15(16)18/h2-5,14H,6-13H2,1H3,(H,19,20). The van der Waals surface area contributed by atoms with Crippen molar-refractivity contribution in [3.05, 3.63) is 30.1 Å². The molecular formula is C17H25FN4. The van der Waals surface area contributed by atoms with Crippen molar-refractivity contribution in [3.8, 4) is 0 Å². The summed E-state index contributed by atoms with van der Waals surface area (Å²) in [6.07, 6.45) is 4.03. The average molecular weight is 304 g/mol. The third-order valence-electron chi connectivity index (χ3n) is 4.52. The van der Waals surface area contributed by atoms with Crippen molar-refractivity contribution in [2.75, 3.05) is 44.7 Å². The fourth-order valence-corrected chi connectivity index (χ4v) is 2.99. The van der Waals surface area contributed by atoms with Crippen molar-refractivity contribution in [1.29, 1.82) is 0 Å². The zero-order valence-corrected chi connectivity index (χ0v) is 13.3. The minimum Gasteiger partial charge on any atom is -0.366 e. The van der Waals surface area contributed by atoms with Gasteiger partial charge in [0.15, 0.2) is 5.96 Å². The number of para-hydroxylation sites is 1. The molecule has 1 aromatic carbocycles. The Morgan fingerprint density at radius 1 is 1.23 bits per heavy atom. The van der Waals surface area contributed by atoms with Crippen LogP contribution in [0.4, 0.5) is 10.1 Å². The van der Waals surface area contributed by atoms with Crippen LogP contribution in [0.25, 0.3) is 0 Å². The lowest BCUT2D eigenvalue weighted by atomic mass is 10.2. The number of benzene rings is 1. The van der Waals surface area contributed by atoms with Crippen molar-refractivity contribution in [2.24, 2.45) is 10.9 Å². The topological polar surface area (TPSA) is 30.9 Å². The van der Waals surface area contributed by atoms with E-state index < -0.39 is 0 Å². The molecule has 0 aromatic heterocycles. The number of piperazine rings is 1. The van der Waals surface area contributed by atoms with Gasteiger partial charge in [-0.05, 0) is 24.5 Å². The second kappa shape index (κ2) is 6.99. The van der Waals surface area contributed by atoms with Gasteiger partial charge in [-0.25, -0.2) is 4.39 Å². The second-order valence-corrected chi connectivity index (χ2v) is 6.13. The molecule has 5 heteroatoms. The molecule has 1 saturated carbocycles. The fraction of sp³-hybridized carbons (Fsp3) is 0.588. The Hall–Kier alpha value is -1.78. The molecule has 1 aliphatic heterocycles. The van der Waals surface area contributed by atoms with Crippen LogP contribution >= 0.6 is 0 Å². The normalized spacial score (nSPS) is 19.5. The maximum absolute atomic E-state index is 13.9. The highest BCUT2D eigenvalue weighted by atomic mass is 19.1. The minimum absolute atomic E-state index is 0.136. The molecule has 1 heterocycles. The van der Waals surface area contributed by atoms with Gasteiger partial charge in [-0.3, -0.25) is 4.99 Å². The highest BCUT2D eigenvalue weighted by Gasteiger charge is 2.23. The van der Waals surface area contributed by atoms with E-state index in [2.05, 4.69) is 20.1 Å². The summed E-state index contributed by atoms with van der Waals surface area (Å²) in [5.74, 6) is 1.78. The minimum atomic E-state index is -0.136. The summed E-state index contributed by atoms with van der Waals surface area (Å²) in [4.78, 5) is 8.77. The molecule has 2 aliphatic rings. The van der Waals surface area contributed by atoms with Crippen molar-refractivity contribution in [3.63, 3.8) is 0 Å². The first-order valence-electron chi connectivity index (χ1n) is 8.23. The first kappa shape index (κ1) is 15.1. The van der Waals surface area contributed by atoms with E-state index in [0.29, 0.717) is 5.69 Å². The van der Waals surface area contributed by atoms with E-state index >= 15 is 0 Å². The molecule has 120 valence electrons. The summed E-state index contributed by atoms with van der Waals surface area (Å²) >= 11 is 0. The van der Waals surface area contributed by atoms with Crippen LogP contribution in [0.3, 0.4) is 0 Å². The molecule has 0 radical (unpaired) electrons. The summed E-state index contributed by atoms with van der Waals surface area (Å²) in [6.45, 7) is 4.40. The third kappa shape index (κ3) is 3.70. The lowest BCUT2D eigenvalue weighted by Gasteiger charge is -2.37. The van der Waals surface area contributed by atoms with Crippen molar-refractivity contribution in [1.82, 2.24) is 10.2 Å². The van der Waals surface area contributed by atoms with Crippen LogP contribution in [0.5, 0.6) is 0 Å². The van der Waals surface area contributed by atoms with Crippen LogP contribution in [-0.2, 0) is 0 Å². The maximum atomic E-state index is 13.9. The van der Waals surface area contributed by atoms with Crippen molar-refractivity contribution < 1.29 is 4.39 Å². The summed E-state index contributed by atoms with van der Waals surface area (Å²) < 4.78 is 13.9. The lowest BCUT2D eigenvalue weighted by molar-refractivity contribution is 0.370. The van der Waals surface area contributed by atoms with Gasteiger partial charge in [0.25, 0.3) is 0 Å². The first-order chi connectivity index (χ1) is 10.8. The van der Waals surface area contributed by atoms with Gasteiger partial charge in [0.05, 0.1) is 5.69 Å². The van der Waals surface area contributed by atoms with E-state index in [0.717, 1.165) is 44.6 Å². The molecule has 1 aromatic rings. The fourth-order valence-electron chi connectivity index (χ4n) is 2.99. The van der Waals surface area contributed by atoms with Gasteiger partial charge in [-0.2, -0.15) is 0 Å². The summed E-state index contributed by atoms with van der Waals surface area (Å²) in [7, 11) is 1.84. The van der Waals surface area contributed by atoms with E-state index in [4.69, 9.17) is 0 Å². The van der Waals surface area contributed by atoms with Gasteiger partial charge < -0.3 is 15.1 Å². The number of halogens is 1. The molecule has 22 heavy (non-hydrogen) atoms. The van der Waals surface area contributed by atoms with Gasteiger partial charge in [0.2, 0.25) is 0 Å². The Bertz CT molecular complexity index is 519. The number of rotatable bonds is 4. The van der Waals surface area contributed by atoms with E-state index in [9.17, 15) is 4.39 Å². The van der Waals surface area contributed by atoms with E-state index in [1.807, 2.05) is 19.2 Å². The second-order valence-electron chi connectivity index (χ2n) is 6.13. The summed E-state index contributed by atoms with van der Waals surface area (Å²) in [5.41, 5.74) is 0.707. The Kier molecular flexibility index (Phi) is 4.80. The SMILES string of the molecule is CN=C(NCCC1CC1)N1CCN(c2ccccc2F)CC1. The average Bonchev–Trinajstić information content (AvgIpc) is 3.37. The van der Waals surface area contributed by atoms with Crippen LogP contribution in [0.1, 0.15) is 19.3 Å². The Balaban J connectivity index is 1.50. The predicted octanol–water partition coefficient (Wildman–Crippen LogP) is 2.32. The number of hydrogen-bond donors (Lipinski definition) is 1. The Labute approximate surface area is 132 Å². The molecule has 0 bridgehead atoms. The smallest absolute Gasteiger partial charge is 0.193 e. The van der Waals surface area contributed by atoms with Crippen LogP contribution in [0.15, 0.2) is 29.3 Å². The highest BCUT2D eigenvalue weighted by molar-refractivity contribution is 5.80. The molecule has 0 spiro atoms. The first-order valence-corrected chi connectivity index (χ1v) is 8.23. The zero-order valence-electron chi connectivity index (χ0n) is 13.3. The van der Waals surface area contributed by atoms with Crippen molar-refractivity contribution >= 4 is 11.6 Å². The Morgan fingerprint density at radius 3 is 2.59 bits per heavy atom. The molecule has 0 amide bonds. The van der Waals surface area contributed by atoms with Crippen LogP contribution < -0.4 is 10.2 Å². The zero-order chi connectivity index (χ0) is 15.4. The number of nitrogens with one attached hydrogen (secondary N) is 1. The number of nitrogens with zero attached hydrogens (tertiary/aromatic N) is 3. The van der Waals surface area contributed by atoms with Crippen LogP contribution in [0.2, 0.25) is 0 Å². The number of guanidine groups is 1. The van der Waals surface area contributed by atoms with E-state index in [1.165, 1.54) is 25.3 Å². The third-order valence-corrected chi connectivity index (χ3v) is 4.52. The van der Waals surface area contributed by atoms with Crippen molar-refractivity contribution in [2.45, 2.75) is 19.3 Å². The van der Waals surface area contributed by atoms with Gasteiger partial charge in [0, 0.05) is 39.8 Å².